The number of ether oxygens (including phenoxy) is 6. The third-order valence-corrected chi connectivity index (χ3v) is 8.30. The molecule has 4 aromatic carbocycles. The summed E-state index contributed by atoms with van der Waals surface area (Å²) in [6, 6.07) is 39.0. The number of hydrazine groups is 1. The van der Waals surface area contributed by atoms with Crippen LogP contribution in [-0.2, 0) is 69.2 Å². The van der Waals surface area contributed by atoms with Crippen molar-refractivity contribution in [3.63, 3.8) is 0 Å². The topological polar surface area (TPSA) is 168 Å². The molecule has 0 bridgehead atoms. The van der Waals surface area contributed by atoms with Gasteiger partial charge in [0.1, 0.15) is 31.0 Å². The van der Waals surface area contributed by atoms with Gasteiger partial charge in [0, 0.05) is 6.54 Å². The summed E-state index contributed by atoms with van der Waals surface area (Å²) in [6.45, 7) is 0.565. The van der Waals surface area contributed by atoms with E-state index in [1.807, 2.05) is 121 Å². The molecule has 2 amide bonds. The Labute approximate surface area is 308 Å². The van der Waals surface area contributed by atoms with E-state index in [1.54, 1.807) is 0 Å². The summed E-state index contributed by atoms with van der Waals surface area (Å²) in [6.07, 6.45) is -3.80. The average Bonchev–Trinajstić information content (AvgIpc) is 3.19. The quantitative estimate of drug-likeness (QED) is 0.0425. The first kappa shape index (κ1) is 39.2. The number of nitrogens with one attached hydrogen (secondary N) is 1. The van der Waals surface area contributed by atoms with Crippen molar-refractivity contribution in [1.82, 2.24) is 10.3 Å². The summed E-state index contributed by atoms with van der Waals surface area (Å²) >= 11 is 0. The number of carbonyl (C=O) groups excluding carboxylic acids is 2. The van der Waals surface area contributed by atoms with E-state index in [0.29, 0.717) is 11.6 Å². The Hall–Kier alpha value is -4.99. The van der Waals surface area contributed by atoms with Gasteiger partial charge in [-0.1, -0.05) is 121 Å². The van der Waals surface area contributed by atoms with Crippen LogP contribution in [0.2, 0.25) is 0 Å². The number of carbonyl (C=O) groups is 3. The molecule has 53 heavy (non-hydrogen) atoms. The molecule has 5 rings (SSSR count). The predicted molar refractivity (Wildman–Crippen MR) is 192 cm³/mol. The van der Waals surface area contributed by atoms with Gasteiger partial charge >= 0.3 is 11.9 Å². The van der Waals surface area contributed by atoms with Gasteiger partial charge in [0.15, 0.2) is 6.29 Å². The van der Waals surface area contributed by atoms with E-state index < -0.39 is 55.0 Å². The minimum atomic E-state index is -1.77. The van der Waals surface area contributed by atoms with Gasteiger partial charge in [0.05, 0.1) is 39.6 Å². The van der Waals surface area contributed by atoms with Crippen molar-refractivity contribution in [2.24, 2.45) is 5.84 Å². The van der Waals surface area contributed by atoms with Crippen molar-refractivity contribution in [3.8, 4) is 0 Å². The normalized spacial score (nSPS) is 19.7. The molecule has 0 aromatic heterocycles. The SMILES string of the molecule is NN(CC(=O)NCCO[C@H]1O[C@H](COCc2ccccc2)[C@@H](OCc2ccccc2)[C@H](OCc2ccccc2)[C@@H]1OCc1ccccc1)C(=O)C(=O)O. The lowest BCUT2D eigenvalue weighted by Gasteiger charge is -2.46. The van der Waals surface area contributed by atoms with E-state index in [1.165, 1.54) is 0 Å². The number of nitrogens with zero attached hydrogens (tertiary/aromatic N) is 1. The van der Waals surface area contributed by atoms with Gasteiger partial charge in [-0.3, -0.25) is 14.6 Å². The second-order valence-electron chi connectivity index (χ2n) is 12.3. The molecular formula is C40H45N3O10. The fourth-order valence-electron chi connectivity index (χ4n) is 5.65. The zero-order valence-electron chi connectivity index (χ0n) is 29.2. The monoisotopic (exact) mass is 727 g/mol. The average molecular weight is 728 g/mol. The Balaban J connectivity index is 1.37. The van der Waals surface area contributed by atoms with Crippen molar-refractivity contribution in [3.05, 3.63) is 144 Å². The van der Waals surface area contributed by atoms with Crippen LogP contribution in [0.4, 0.5) is 0 Å². The Kier molecular flexibility index (Phi) is 15.5. The number of carboxylic acids is 1. The highest BCUT2D eigenvalue weighted by atomic mass is 16.7. The van der Waals surface area contributed by atoms with Crippen molar-refractivity contribution in [1.29, 1.82) is 0 Å². The predicted octanol–water partition coefficient (Wildman–Crippen LogP) is 3.60. The van der Waals surface area contributed by atoms with E-state index in [9.17, 15) is 14.4 Å². The van der Waals surface area contributed by atoms with Gasteiger partial charge in [-0.05, 0) is 22.3 Å². The lowest BCUT2D eigenvalue weighted by molar-refractivity contribution is -0.328. The van der Waals surface area contributed by atoms with Gasteiger partial charge in [-0.15, -0.1) is 0 Å². The summed E-state index contributed by atoms with van der Waals surface area (Å²) in [5.74, 6) is 1.59. The number of amides is 2. The molecule has 1 aliphatic heterocycles. The highest BCUT2D eigenvalue weighted by Crippen LogP contribution is 2.31. The van der Waals surface area contributed by atoms with Crippen LogP contribution >= 0.6 is 0 Å². The van der Waals surface area contributed by atoms with E-state index >= 15 is 0 Å². The summed E-state index contributed by atoms with van der Waals surface area (Å²) in [5.41, 5.74) is 3.85. The molecule has 0 saturated carbocycles. The van der Waals surface area contributed by atoms with Crippen LogP contribution in [0.3, 0.4) is 0 Å². The first-order valence-electron chi connectivity index (χ1n) is 17.3. The fraction of sp³-hybridized carbons (Fsp3) is 0.325. The van der Waals surface area contributed by atoms with E-state index in [-0.39, 0.29) is 39.6 Å². The highest BCUT2D eigenvalue weighted by molar-refractivity contribution is 6.31. The van der Waals surface area contributed by atoms with Crippen molar-refractivity contribution in [2.45, 2.75) is 57.1 Å². The van der Waals surface area contributed by atoms with Gasteiger partial charge in [-0.25, -0.2) is 10.6 Å². The number of carboxylic acid groups (broad SMARTS) is 1. The third kappa shape index (κ3) is 12.6. The molecule has 0 unspecified atom stereocenters. The Morgan fingerprint density at radius 3 is 1.58 bits per heavy atom. The number of hydrogen-bond donors (Lipinski definition) is 3. The number of hydrogen-bond acceptors (Lipinski definition) is 10. The summed E-state index contributed by atoms with van der Waals surface area (Å²) in [4.78, 5) is 34.9. The number of rotatable bonds is 19. The van der Waals surface area contributed by atoms with Gasteiger partial charge in [0.25, 0.3) is 0 Å². The second kappa shape index (κ2) is 20.9. The molecule has 13 nitrogen and oxygen atoms in total. The maximum Gasteiger partial charge on any atom is 0.396 e. The van der Waals surface area contributed by atoms with E-state index in [4.69, 9.17) is 39.4 Å². The van der Waals surface area contributed by atoms with Crippen molar-refractivity contribution in [2.75, 3.05) is 26.3 Å². The summed E-state index contributed by atoms with van der Waals surface area (Å²) < 4.78 is 39.0. The minimum absolute atomic E-state index is 0.00213. The molecule has 1 saturated heterocycles. The summed E-state index contributed by atoms with van der Waals surface area (Å²) in [7, 11) is 0. The van der Waals surface area contributed by atoms with E-state index in [2.05, 4.69) is 5.32 Å². The molecule has 5 atom stereocenters. The fourth-order valence-corrected chi connectivity index (χ4v) is 5.65. The largest absolute Gasteiger partial charge is 0.474 e. The Morgan fingerprint density at radius 1 is 0.642 bits per heavy atom. The standard InChI is InChI=1S/C40H45N3O10/c41-43(38(45)39(46)47)23-34(44)42-21-22-49-40-37(52-27-32-19-11-4-12-20-32)36(51-26-31-17-9-3-10-18-31)35(50-25-30-15-7-2-8-16-30)33(53-40)28-48-24-29-13-5-1-6-14-29/h1-20,33,35-37,40H,21-28,41H2,(H,42,44)(H,46,47)/t33-,35-,36+,37+,40+/m1/s1. The summed E-state index contributed by atoms with van der Waals surface area (Å²) in [5, 5.41) is 11.8. The molecule has 1 aliphatic rings. The van der Waals surface area contributed by atoms with Gasteiger partial charge in [0.2, 0.25) is 5.91 Å². The van der Waals surface area contributed by atoms with Crippen LogP contribution < -0.4 is 11.2 Å². The van der Waals surface area contributed by atoms with Crippen LogP contribution in [0.1, 0.15) is 22.3 Å². The van der Waals surface area contributed by atoms with Crippen LogP contribution in [0.5, 0.6) is 0 Å². The molecule has 1 fully saturated rings. The first-order valence-corrected chi connectivity index (χ1v) is 17.3. The number of benzene rings is 4. The molecule has 0 aliphatic carbocycles. The maximum atomic E-state index is 12.4. The van der Waals surface area contributed by atoms with E-state index in [0.717, 1.165) is 22.3 Å². The lowest BCUT2D eigenvalue weighted by atomic mass is 9.97. The Morgan fingerprint density at radius 2 is 1.09 bits per heavy atom. The molecule has 0 radical (unpaired) electrons. The molecular weight excluding hydrogens is 682 g/mol. The van der Waals surface area contributed by atoms with Crippen LogP contribution in [0, 0.1) is 0 Å². The second-order valence-corrected chi connectivity index (χ2v) is 12.3. The lowest BCUT2D eigenvalue weighted by Crippen LogP contribution is -2.62. The molecule has 1 heterocycles. The van der Waals surface area contributed by atoms with Crippen LogP contribution in [0.15, 0.2) is 121 Å². The smallest absolute Gasteiger partial charge is 0.396 e. The van der Waals surface area contributed by atoms with Crippen LogP contribution in [-0.4, -0.2) is 84.9 Å². The molecule has 13 heteroatoms. The molecule has 280 valence electrons. The highest BCUT2D eigenvalue weighted by Gasteiger charge is 2.49. The number of aliphatic carboxylic acids is 1. The van der Waals surface area contributed by atoms with Gasteiger partial charge in [-0.2, -0.15) is 0 Å². The number of nitrogens with two attached hydrogens (primary N) is 1. The van der Waals surface area contributed by atoms with Gasteiger partial charge < -0.3 is 38.8 Å². The zero-order valence-corrected chi connectivity index (χ0v) is 29.2. The first-order chi connectivity index (χ1) is 25.9. The van der Waals surface area contributed by atoms with Crippen molar-refractivity contribution >= 4 is 17.8 Å². The minimum Gasteiger partial charge on any atom is -0.474 e. The van der Waals surface area contributed by atoms with Crippen LogP contribution in [0.25, 0.3) is 0 Å². The Bertz CT molecular complexity index is 1680. The molecule has 4 N–H and O–H groups in total. The third-order valence-electron chi connectivity index (χ3n) is 8.30. The molecule has 4 aromatic rings. The van der Waals surface area contributed by atoms with Crippen molar-refractivity contribution < 1.29 is 47.9 Å². The maximum absolute atomic E-state index is 12.4. The molecule has 0 spiro atoms. The zero-order chi connectivity index (χ0) is 37.3.